The van der Waals surface area contributed by atoms with Gasteiger partial charge in [0.15, 0.2) is 0 Å². The molecule has 3 amide bonds. The lowest BCUT2D eigenvalue weighted by Gasteiger charge is -2.34. The van der Waals surface area contributed by atoms with E-state index in [0.717, 1.165) is 76.3 Å². The molecule has 0 bridgehead atoms. The Morgan fingerprint density at radius 1 is 0.868 bits per heavy atom. The Hall–Kier alpha value is -3.23. The number of anilines is 1. The zero-order valence-electron chi connectivity index (χ0n) is 22.0. The molecule has 8 heteroatoms. The number of carbonyl (C=O) groups excluding carboxylic acids is 3. The van der Waals surface area contributed by atoms with E-state index in [2.05, 4.69) is 50.8 Å². The van der Waals surface area contributed by atoms with Crippen LogP contribution in [-0.4, -0.2) is 79.4 Å². The Morgan fingerprint density at radius 2 is 1.63 bits per heavy atom. The molecule has 0 saturated carbocycles. The predicted molar refractivity (Wildman–Crippen MR) is 146 cm³/mol. The van der Waals surface area contributed by atoms with E-state index in [-0.39, 0.29) is 24.1 Å². The molecule has 38 heavy (non-hydrogen) atoms. The van der Waals surface area contributed by atoms with Gasteiger partial charge in [-0.15, -0.1) is 0 Å². The van der Waals surface area contributed by atoms with Crippen LogP contribution in [0.1, 0.15) is 58.6 Å². The minimum atomic E-state index is -0.569. The fourth-order valence-corrected chi connectivity index (χ4v) is 6.41. The first-order chi connectivity index (χ1) is 18.5. The van der Waals surface area contributed by atoms with E-state index in [9.17, 15) is 14.4 Å². The van der Waals surface area contributed by atoms with Gasteiger partial charge in [-0.05, 0) is 66.5 Å². The minimum Gasteiger partial charge on any atom is -0.371 e. The van der Waals surface area contributed by atoms with Gasteiger partial charge in [0.1, 0.15) is 6.04 Å². The summed E-state index contributed by atoms with van der Waals surface area (Å²) < 4.78 is 0. The van der Waals surface area contributed by atoms with Gasteiger partial charge in [0.2, 0.25) is 11.8 Å². The number of piperidine rings is 2. The van der Waals surface area contributed by atoms with Crippen molar-refractivity contribution in [1.29, 1.82) is 0 Å². The SMILES string of the molecule is O=C1CCC(N2Cc3cc(N4CCC(c5ccc(CCN6CCNCC6)cc5)CC4)ccc3C2=O)C(=O)N1. The van der Waals surface area contributed by atoms with Gasteiger partial charge in [0.05, 0.1) is 0 Å². The number of fused-ring (bicyclic) bond motifs is 1. The average molecular weight is 516 g/mol. The number of rotatable bonds is 6. The molecule has 2 N–H and O–H groups in total. The maximum atomic E-state index is 13.0. The van der Waals surface area contributed by atoms with Crippen LogP contribution < -0.4 is 15.5 Å². The van der Waals surface area contributed by atoms with E-state index in [0.29, 0.717) is 24.4 Å². The Bertz CT molecular complexity index is 1200. The Morgan fingerprint density at radius 3 is 2.37 bits per heavy atom. The van der Waals surface area contributed by atoms with E-state index in [4.69, 9.17) is 0 Å². The van der Waals surface area contributed by atoms with Gasteiger partial charge in [0, 0.05) is 70.0 Å². The maximum absolute atomic E-state index is 13.0. The highest BCUT2D eigenvalue weighted by atomic mass is 16.2. The third-order valence-electron chi connectivity index (χ3n) is 8.74. The van der Waals surface area contributed by atoms with Crippen LogP contribution in [0.25, 0.3) is 0 Å². The van der Waals surface area contributed by atoms with Crippen LogP contribution in [0.4, 0.5) is 5.69 Å². The number of piperazine rings is 1. The Labute approximate surface area is 224 Å². The Balaban J connectivity index is 1.03. The highest BCUT2D eigenvalue weighted by molar-refractivity contribution is 6.05. The summed E-state index contributed by atoms with van der Waals surface area (Å²) >= 11 is 0. The second-order valence-electron chi connectivity index (χ2n) is 11.1. The standard InChI is InChI=1S/C30H37N5O3/c36-28-8-7-27(29(37)32-28)35-20-24-19-25(5-6-26(24)30(35)38)34-15-10-23(11-16-34)22-3-1-21(2-4-22)9-14-33-17-12-31-13-18-33/h1-6,19,23,27,31H,7-18,20H2,(H,32,36,37). The van der Waals surface area contributed by atoms with Crippen LogP contribution in [0.15, 0.2) is 42.5 Å². The Kier molecular flexibility index (Phi) is 7.17. The molecular weight excluding hydrogens is 478 g/mol. The normalized spacial score (nSPS) is 23.1. The molecule has 3 saturated heterocycles. The maximum Gasteiger partial charge on any atom is 0.255 e. The van der Waals surface area contributed by atoms with E-state index in [1.807, 2.05) is 12.1 Å². The monoisotopic (exact) mass is 515 g/mol. The molecule has 8 nitrogen and oxygen atoms in total. The smallest absolute Gasteiger partial charge is 0.255 e. The van der Waals surface area contributed by atoms with Gasteiger partial charge in [0.25, 0.3) is 5.91 Å². The van der Waals surface area contributed by atoms with Crippen molar-refractivity contribution in [1.82, 2.24) is 20.4 Å². The van der Waals surface area contributed by atoms with Crippen molar-refractivity contribution < 1.29 is 14.4 Å². The molecular formula is C30H37N5O3. The second-order valence-corrected chi connectivity index (χ2v) is 11.1. The number of amides is 3. The molecule has 200 valence electrons. The van der Waals surface area contributed by atoms with E-state index < -0.39 is 6.04 Å². The van der Waals surface area contributed by atoms with Gasteiger partial charge in [-0.25, -0.2) is 0 Å². The van der Waals surface area contributed by atoms with Crippen molar-refractivity contribution >= 4 is 23.4 Å². The summed E-state index contributed by atoms with van der Waals surface area (Å²) in [6.07, 6.45) is 4.00. The van der Waals surface area contributed by atoms with Crippen molar-refractivity contribution in [3.05, 3.63) is 64.7 Å². The molecule has 0 aromatic heterocycles. The lowest BCUT2D eigenvalue weighted by atomic mass is 9.88. The van der Waals surface area contributed by atoms with Gasteiger partial charge in [-0.1, -0.05) is 24.3 Å². The lowest BCUT2D eigenvalue weighted by Crippen LogP contribution is -2.52. The minimum absolute atomic E-state index is 0.115. The van der Waals surface area contributed by atoms with Crippen molar-refractivity contribution in [2.45, 2.75) is 50.6 Å². The molecule has 3 fully saturated rings. The number of benzene rings is 2. The van der Waals surface area contributed by atoms with Crippen LogP contribution in [0.2, 0.25) is 0 Å². The van der Waals surface area contributed by atoms with Crippen LogP contribution in [0.5, 0.6) is 0 Å². The largest absolute Gasteiger partial charge is 0.371 e. The van der Waals surface area contributed by atoms with Crippen molar-refractivity contribution in [2.75, 3.05) is 50.7 Å². The number of nitrogens with one attached hydrogen (secondary N) is 2. The van der Waals surface area contributed by atoms with Gasteiger partial charge < -0.3 is 20.0 Å². The fraction of sp³-hybridized carbons (Fsp3) is 0.500. The summed E-state index contributed by atoms with van der Waals surface area (Å²) in [4.78, 5) is 43.4. The molecule has 4 aliphatic heterocycles. The first kappa shape index (κ1) is 25.1. The van der Waals surface area contributed by atoms with Crippen LogP contribution >= 0.6 is 0 Å². The molecule has 0 radical (unpaired) electrons. The number of carbonyl (C=O) groups is 3. The van der Waals surface area contributed by atoms with Crippen molar-refractivity contribution in [2.24, 2.45) is 0 Å². The van der Waals surface area contributed by atoms with E-state index >= 15 is 0 Å². The number of imide groups is 1. The molecule has 2 aromatic rings. The summed E-state index contributed by atoms with van der Waals surface area (Å²) in [7, 11) is 0. The molecule has 1 unspecified atom stereocenters. The van der Waals surface area contributed by atoms with Crippen LogP contribution in [-0.2, 0) is 22.6 Å². The van der Waals surface area contributed by atoms with E-state index in [1.54, 1.807) is 4.90 Å². The van der Waals surface area contributed by atoms with Crippen molar-refractivity contribution in [3.63, 3.8) is 0 Å². The predicted octanol–water partition coefficient (Wildman–Crippen LogP) is 2.28. The molecule has 6 rings (SSSR count). The quantitative estimate of drug-likeness (QED) is 0.575. The number of nitrogens with zero attached hydrogens (tertiary/aromatic N) is 3. The lowest BCUT2D eigenvalue weighted by molar-refractivity contribution is -0.136. The third-order valence-corrected chi connectivity index (χ3v) is 8.74. The average Bonchev–Trinajstić information content (AvgIpc) is 3.28. The second kappa shape index (κ2) is 10.9. The topological polar surface area (TPSA) is 85.0 Å². The highest BCUT2D eigenvalue weighted by Crippen LogP contribution is 2.34. The summed E-state index contributed by atoms with van der Waals surface area (Å²) in [5.74, 6) is -0.163. The molecule has 2 aromatic carbocycles. The summed E-state index contributed by atoms with van der Waals surface area (Å²) in [6, 6.07) is 14.8. The van der Waals surface area contributed by atoms with Crippen LogP contribution in [0.3, 0.4) is 0 Å². The molecule has 0 aliphatic carbocycles. The number of hydrogen-bond donors (Lipinski definition) is 2. The zero-order valence-corrected chi connectivity index (χ0v) is 22.0. The van der Waals surface area contributed by atoms with Crippen molar-refractivity contribution in [3.8, 4) is 0 Å². The molecule has 4 aliphatic rings. The summed E-state index contributed by atoms with van der Waals surface area (Å²) in [5, 5.41) is 5.79. The van der Waals surface area contributed by atoms with Gasteiger partial charge in [-0.3, -0.25) is 19.7 Å². The summed E-state index contributed by atoms with van der Waals surface area (Å²) in [5.41, 5.74) is 5.64. The van der Waals surface area contributed by atoms with Gasteiger partial charge >= 0.3 is 0 Å². The van der Waals surface area contributed by atoms with Gasteiger partial charge in [-0.2, -0.15) is 0 Å². The fourth-order valence-electron chi connectivity index (χ4n) is 6.41. The molecule has 0 spiro atoms. The van der Waals surface area contributed by atoms with E-state index in [1.165, 1.54) is 11.1 Å². The first-order valence-corrected chi connectivity index (χ1v) is 14.1. The number of hydrogen-bond acceptors (Lipinski definition) is 6. The first-order valence-electron chi connectivity index (χ1n) is 14.1. The van der Waals surface area contributed by atoms with Crippen LogP contribution in [0, 0.1) is 0 Å². The third kappa shape index (κ3) is 5.20. The summed E-state index contributed by atoms with van der Waals surface area (Å²) in [6.45, 7) is 8.02. The molecule has 4 heterocycles. The highest BCUT2D eigenvalue weighted by Gasteiger charge is 2.39. The zero-order chi connectivity index (χ0) is 26.1. The molecule has 1 atom stereocenters.